The Balaban J connectivity index is 1.44. The zero-order valence-corrected chi connectivity index (χ0v) is 17.3. The lowest BCUT2D eigenvalue weighted by Gasteiger charge is -2.17. The molecule has 0 aliphatic heterocycles. The fraction of sp³-hybridized carbons (Fsp3) is 0.474. The molecule has 7 nitrogen and oxygen atoms in total. The van der Waals surface area contributed by atoms with Gasteiger partial charge in [0.25, 0.3) is 5.22 Å². The third-order valence-electron chi connectivity index (χ3n) is 4.65. The minimum atomic E-state index is -0.314. The second kappa shape index (κ2) is 9.93. The molecule has 0 spiro atoms. The fourth-order valence-electron chi connectivity index (χ4n) is 3.08. The van der Waals surface area contributed by atoms with Crippen LogP contribution in [-0.4, -0.2) is 46.3 Å². The highest BCUT2D eigenvalue weighted by molar-refractivity contribution is 7.99. The number of carbonyl (C=O) groups is 2. The van der Waals surface area contributed by atoms with E-state index in [0.717, 1.165) is 12.8 Å². The molecule has 1 N–H and O–H groups in total. The molecule has 28 heavy (non-hydrogen) atoms. The number of hydrogen-bond acceptors (Lipinski definition) is 6. The summed E-state index contributed by atoms with van der Waals surface area (Å²) in [5.74, 6) is 0.620. The van der Waals surface area contributed by atoms with Crippen molar-refractivity contribution in [3.8, 4) is 0 Å². The van der Waals surface area contributed by atoms with Gasteiger partial charge in [0.05, 0.1) is 23.0 Å². The number of para-hydroxylation sites is 1. The molecule has 0 radical (unpaired) electrons. The number of halogens is 1. The highest BCUT2D eigenvalue weighted by atomic mass is 35.5. The summed E-state index contributed by atoms with van der Waals surface area (Å²) in [6.45, 7) is -0.0677. The van der Waals surface area contributed by atoms with Crippen LogP contribution in [0.3, 0.4) is 0 Å². The van der Waals surface area contributed by atoms with Gasteiger partial charge in [-0.1, -0.05) is 54.8 Å². The van der Waals surface area contributed by atoms with Crippen molar-refractivity contribution < 1.29 is 14.0 Å². The van der Waals surface area contributed by atoms with Crippen molar-refractivity contribution in [1.82, 2.24) is 15.1 Å². The number of likely N-dealkylation sites (N-methyl/N-ethyl adjacent to an activating group) is 1. The van der Waals surface area contributed by atoms with Crippen molar-refractivity contribution in [1.29, 1.82) is 0 Å². The summed E-state index contributed by atoms with van der Waals surface area (Å²) in [5.41, 5.74) is 0.519. The Morgan fingerprint density at radius 1 is 1.25 bits per heavy atom. The number of aromatic nitrogens is 2. The van der Waals surface area contributed by atoms with Crippen molar-refractivity contribution in [3.05, 3.63) is 35.2 Å². The molecule has 0 saturated heterocycles. The maximum Gasteiger partial charge on any atom is 0.277 e. The Morgan fingerprint density at radius 2 is 2.00 bits per heavy atom. The fourth-order valence-corrected chi connectivity index (χ4v) is 3.98. The molecule has 150 valence electrons. The van der Waals surface area contributed by atoms with Gasteiger partial charge in [0, 0.05) is 13.0 Å². The van der Waals surface area contributed by atoms with Gasteiger partial charge in [-0.3, -0.25) is 9.59 Å². The molecular formula is C19H23ClN4O3S. The number of rotatable bonds is 7. The summed E-state index contributed by atoms with van der Waals surface area (Å²) in [4.78, 5) is 25.8. The van der Waals surface area contributed by atoms with Crippen LogP contribution >= 0.6 is 23.4 Å². The molecule has 1 aliphatic carbocycles. The van der Waals surface area contributed by atoms with Gasteiger partial charge in [0.1, 0.15) is 0 Å². The summed E-state index contributed by atoms with van der Waals surface area (Å²) in [6.07, 6.45) is 5.80. The summed E-state index contributed by atoms with van der Waals surface area (Å²) in [6, 6.07) is 6.95. The number of carbonyl (C=O) groups excluding carboxylic acids is 2. The maximum atomic E-state index is 12.3. The van der Waals surface area contributed by atoms with Gasteiger partial charge in [-0.15, -0.1) is 10.2 Å². The lowest BCUT2D eigenvalue weighted by atomic mass is 9.89. The van der Waals surface area contributed by atoms with E-state index in [1.54, 1.807) is 31.3 Å². The third-order valence-corrected chi connectivity index (χ3v) is 5.78. The number of benzene rings is 1. The minimum absolute atomic E-state index is 0.0677. The molecule has 1 fully saturated rings. The Bertz CT molecular complexity index is 823. The molecule has 1 aromatic carbocycles. The molecule has 0 atom stereocenters. The summed E-state index contributed by atoms with van der Waals surface area (Å²) in [5, 5.41) is 11.7. The molecule has 1 heterocycles. The highest BCUT2D eigenvalue weighted by Crippen LogP contribution is 2.32. The molecule has 2 aromatic rings. The van der Waals surface area contributed by atoms with E-state index >= 15 is 0 Å². The maximum absolute atomic E-state index is 12.3. The van der Waals surface area contributed by atoms with E-state index in [1.165, 1.54) is 35.9 Å². The number of thioether (sulfide) groups is 1. The highest BCUT2D eigenvalue weighted by Gasteiger charge is 2.22. The van der Waals surface area contributed by atoms with E-state index in [4.69, 9.17) is 16.0 Å². The zero-order valence-electron chi connectivity index (χ0n) is 15.7. The van der Waals surface area contributed by atoms with Crippen molar-refractivity contribution in [2.45, 2.75) is 43.2 Å². The largest absolute Gasteiger partial charge is 0.416 e. The first-order valence-electron chi connectivity index (χ1n) is 9.27. The van der Waals surface area contributed by atoms with Crippen LogP contribution in [-0.2, 0) is 9.59 Å². The first kappa shape index (κ1) is 20.7. The van der Waals surface area contributed by atoms with Gasteiger partial charge in [-0.2, -0.15) is 0 Å². The molecule has 1 saturated carbocycles. The van der Waals surface area contributed by atoms with Crippen LogP contribution in [0.15, 0.2) is 33.9 Å². The second-order valence-corrected chi connectivity index (χ2v) is 8.14. The molecule has 3 rings (SSSR count). The predicted octanol–water partition coefficient (Wildman–Crippen LogP) is 3.96. The second-order valence-electron chi connectivity index (χ2n) is 6.81. The SMILES string of the molecule is CN(CC(=O)Nc1ccccc1Cl)C(=O)CSc1nnc(C2CCCCC2)o1. The average Bonchev–Trinajstić information content (AvgIpc) is 3.17. The molecule has 2 amide bonds. The smallest absolute Gasteiger partial charge is 0.277 e. The van der Waals surface area contributed by atoms with Gasteiger partial charge < -0.3 is 14.6 Å². The lowest BCUT2D eigenvalue weighted by molar-refractivity contribution is -0.131. The van der Waals surface area contributed by atoms with E-state index in [-0.39, 0.29) is 24.1 Å². The van der Waals surface area contributed by atoms with Crippen LogP contribution < -0.4 is 5.32 Å². The summed E-state index contributed by atoms with van der Waals surface area (Å²) in [7, 11) is 1.58. The normalized spacial score (nSPS) is 14.6. The quantitative estimate of drug-likeness (QED) is 0.679. The van der Waals surface area contributed by atoms with E-state index in [2.05, 4.69) is 15.5 Å². The molecule has 9 heteroatoms. The number of nitrogens with zero attached hydrogens (tertiary/aromatic N) is 3. The monoisotopic (exact) mass is 422 g/mol. The van der Waals surface area contributed by atoms with Gasteiger partial charge in [-0.05, 0) is 25.0 Å². The first-order chi connectivity index (χ1) is 13.5. The van der Waals surface area contributed by atoms with Crippen molar-refractivity contribution >= 4 is 40.9 Å². The van der Waals surface area contributed by atoms with Crippen LogP contribution in [0, 0.1) is 0 Å². The summed E-state index contributed by atoms with van der Waals surface area (Å²) >= 11 is 7.21. The van der Waals surface area contributed by atoms with Gasteiger partial charge in [-0.25, -0.2) is 0 Å². The topological polar surface area (TPSA) is 88.3 Å². The van der Waals surface area contributed by atoms with Crippen LogP contribution in [0.5, 0.6) is 0 Å². The molecule has 1 aromatic heterocycles. The van der Waals surface area contributed by atoms with Crippen LogP contribution in [0.4, 0.5) is 5.69 Å². The van der Waals surface area contributed by atoms with Crippen LogP contribution in [0.1, 0.15) is 43.9 Å². The van der Waals surface area contributed by atoms with E-state index in [1.807, 2.05) is 0 Å². The van der Waals surface area contributed by atoms with E-state index in [9.17, 15) is 9.59 Å². The minimum Gasteiger partial charge on any atom is -0.416 e. The third kappa shape index (κ3) is 5.72. The van der Waals surface area contributed by atoms with Gasteiger partial charge in [0.15, 0.2) is 0 Å². The van der Waals surface area contributed by atoms with Gasteiger partial charge in [0.2, 0.25) is 17.7 Å². The zero-order chi connectivity index (χ0) is 19.9. The number of amides is 2. The van der Waals surface area contributed by atoms with Crippen LogP contribution in [0.25, 0.3) is 0 Å². The van der Waals surface area contributed by atoms with Crippen molar-refractivity contribution in [3.63, 3.8) is 0 Å². The number of hydrogen-bond donors (Lipinski definition) is 1. The Labute approximate surface area is 173 Å². The molecule has 0 bridgehead atoms. The molecule has 1 aliphatic rings. The van der Waals surface area contributed by atoms with E-state index in [0.29, 0.717) is 27.7 Å². The molecular weight excluding hydrogens is 400 g/mol. The number of nitrogens with one attached hydrogen (secondary N) is 1. The average molecular weight is 423 g/mol. The van der Waals surface area contributed by atoms with Crippen molar-refractivity contribution in [2.24, 2.45) is 0 Å². The summed E-state index contributed by atoms with van der Waals surface area (Å²) < 4.78 is 5.70. The van der Waals surface area contributed by atoms with E-state index < -0.39 is 0 Å². The van der Waals surface area contributed by atoms with Crippen molar-refractivity contribution in [2.75, 3.05) is 24.7 Å². The lowest BCUT2D eigenvalue weighted by Crippen LogP contribution is -2.36. The Hall–Kier alpha value is -2.06. The number of anilines is 1. The standard InChI is InChI=1S/C19H23ClN4O3S/c1-24(11-16(25)21-15-10-6-5-9-14(15)20)17(26)12-28-19-23-22-18(27-19)13-7-3-2-4-8-13/h5-6,9-10,13H,2-4,7-8,11-12H2,1H3,(H,21,25). The Morgan fingerprint density at radius 3 is 2.75 bits per heavy atom. The van der Waals surface area contributed by atoms with Gasteiger partial charge >= 0.3 is 0 Å². The first-order valence-corrected chi connectivity index (χ1v) is 10.6. The predicted molar refractivity (Wildman–Crippen MR) is 109 cm³/mol. The Kier molecular flexibility index (Phi) is 7.33. The molecule has 0 unspecified atom stereocenters. The van der Waals surface area contributed by atoms with Crippen LogP contribution in [0.2, 0.25) is 5.02 Å².